The molecule has 0 unspecified atom stereocenters. The number of hydrogen-bond acceptors (Lipinski definition) is 2. The van der Waals surface area contributed by atoms with Crippen LogP contribution in [0.1, 0.15) is 20.7 Å². The second-order valence-electron chi connectivity index (χ2n) is 4.63. The molecule has 0 fully saturated rings. The van der Waals surface area contributed by atoms with Crippen LogP contribution in [0.25, 0.3) is 0 Å². The number of halogens is 2. The third-order valence-electron chi connectivity index (χ3n) is 3.00. The SMILES string of the molecule is C=CCNC(=O)c1cccc(C(=O)Nc2c(Cl)cccc2Cl)c1. The zero-order valence-corrected chi connectivity index (χ0v) is 13.6. The number of para-hydroxylation sites is 1. The molecule has 0 heterocycles. The summed E-state index contributed by atoms with van der Waals surface area (Å²) in [7, 11) is 0. The van der Waals surface area contributed by atoms with Crippen LogP contribution in [-0.4, -0.2) is 18.4 Å². The molecule has 0 aliphatic rings. The van der Waals surface area contributed by atoms with Gasteiger partial charge in [-0.05, 0) is 30.3 Å². The largest absolute Gasteiger partial charge is 0.349 e. The van der Waals surface area contributed by atoms with Crippen molar-refractivity contribution in [1.82, 2.24) is 5.32 Å². The Morgan fingerprint density at radius 1 is 1.00 bits per heavy atom. The van der Waals surface area contributed by atoms with E-state index in [-0.39, 0.29) is 5.91 Å². The summed E-state index contributed by atoms with van der Waals surface area (Å²) >= 11 is 12.1. The first-order valence-electron chi connectivity index (χ1n) is 6.77. The van der Waals surface area contributed by atoms with Gasteiger partial charge in [0.25, 0.3) is 11.8 Å². The number of hydrogen-bond donors (Lipinski definition) is 2. The second-order valence-corrected chi connectivity index (χ2v) is 5.44. The topological polar surface area (TPSA) is 58.2 Å². The molecular weight excluding hydrogens is 335 g/mol. The van der Waals surface area contributed by atoms with Crippen molar-refractivity contribution in [3.63, 3.8) is 0 Å². The number of anilines is 1. The van der Waals surface area contributed by atoms with Crippen molar-refractivity contribution in [1.29, 1.82) is 0 Å². The fourth-order valence-electron chi connectivity index (χ4n) is 1.87. The molecule has 0 saturated heterocycles. The molecule has 0 radical (unpaired) electrons. The summed E-state index contributed by atoms with van der Waals surface area (Å²) in [5, 5.41) is 5.98. The lowest BCUT2D eigenvalue weighted by Crippen LogP contribution is -2.23. The van der Waals surface area contributed by atoms with Gasteiger partial charge in [0.2, 0.25) is 0 Å². The highest BCUT2D eigenvalue weighted by molar-refractivity contribution is 6.40. The van der Waals surface area contributed by atoms with Crippen LogP contribution in [0.4, 0.5) is 5.69 Å². The van der Waals surface area contributed by atoms with Gasteiger partial charge in [-0.15, -0.1) is 6.58 Å². The van der Waals surface area contributed by atoms with Gasteiger partial charge >= 0.3 is 0 Å². The molecule has 0 spiro atoms. The summed E-state index contributed by atoms with van der Waals surface area (Å²) in [6, 6.07) is 11.3. The van der Waals surface area contributed by atoms with Crippen molar-refractivity contribution in [2.24, 2.45) is 0 Å². The Morgan fingerprint density at radius 2 is 1.57 bits per heavy atom. The van der Waals surface area contributed by atoms with Crippen molar-refractivity contribution in [3.8, 4) is 0 Å². The molecule has 0 aliphatic heterocycles. The molecule has 0 atom stereocenters. The molecule has 23 heavy (non-hydrogen) atoms. The van der Waals surface area contributed by atoms with Crippen molar-refractivity contribution in [2.75, 3.05) is 11.9 Å². The lowest BCUT2D eigenvalue weighted by atomic mass is 10.1. The lowest BCUT2D eigenvalue weighted by molar-refractivity contribution is 0.0958. The molecule has 6 heteroatoms. The van der Waals surface area contributed by atoms with Crippen molar-refractivity contribution in [3.05, 3.63) is 76.3 Å². The number of amides is 2. The van der Waals surface area contributed by atoms with Gasteiger partial charge in [0.05, 0.1) is 15.7 Å². The standard InChI is InChI=1S/C17H14Cl2N2O2/c1-2-9-20-16(22)11-5-3-6-12(10-11)17(23)21-15-13(18)7-4-8-14(15)19/h2-8,10H,1,9H2,(H,20,22)(H,21,23). The first kappa shape index (κ1) is 17.1. The van der Waals surface area contributed by atoms with Crippen LogP contribution < -0.4 is 10.6 Å². The maximum absolute atomic E-state index is 12.3. The highest BCUT2D eigenvalue weighted by Crippen LogP contribution is 2.30. The van der Waals surface area contributed by atoms with Gasteiger partial charge in [0.1, 0.15) is 0 Å². The van der Waals surface area contributed by atoms with Crippen LogP contribution in [-0.2, 0) is 0 Å². The van der Waals surface area contributed by atoms with Gasteiger partial charge < -0.3 is 10.6 Å². The van der Waals surface area contributed by atoms with E-state index in [0.29, 0.717) is 33.4 Å². The van der Waals surface area contributed by atoms with E-state index >= 15 is 0 Å². The predicted octanol–water partition coefficient (Wildman–Crippen LogP) is 4.16. The monoisotopic (exact) mass is 348 g/mol. The fraction of sp³-hybridized carbons (Fsp3) is 0.0588. The summed E-state index contributed by atoms with van der Waals surface area (Å²) in [5.74, 6) is -0.686. The summed E-state index contributed by atoms with van der Waals surface area (Å²) in [6.45, 7) is 3.88. The smallest absolute Gasteiger partial charge is 0.255 e. The molecule has 2 N–H and O–H groups in total. The molecule has 0 aliphatic carbocycles. The van der Waals surface area contributed by atoms with E-state index in [0.717, 1.165) is 0 Å². The maximum atomic E-state index is 12.3. The van der Waals surface area contributed by atoms with E-state index in [4.69, 9.17) is 23.2 Å². The quantitative estimate of drug-likeness (QED) is 0.797. The number of nitrogens with one attached hydrogen (secondary N) is 2. The average Bonchev–Trinajstić information content (AvgIpc) is 2.56. The van der Waals surface area contributed by atoms with Crippen LogP contribution in [0.3, 0.4) is 0 Å². The van der Waals surface area contributed by atoms with Crippen LogP contribution in [0, 0.1) is 0 Å². The van der Waals surface area contributed by atoms with Gasteiger partial charge in [-0.1, -0.05) is 41.4 Å². The van der Waals surface area contributed by atoms with Gasteiger partial charge in [0, 0.05) is 17.7 Å². The third-order valence-corrected chi connectivity index (χ3v) is 3.63. The van der Waals surface area contributed by atoms with E-state index in [1.165, 1.54) is 6.07 Å². The Hall–Kier alpha value is -2.30. The van der Waals surface area contributed by atoms with Crippen molar-refractivity contribution < 1.29 is 9.59 Å². The molecule has 0 saturated carbocycles. The van der Waals surface area contributed by atoms with Crippen LogP contribution >= 0.6 is 23.2 Å². The summed E-state index contributed by atoms with van der Waals surface area (Å²) in [4.78, 5) is 24.2. The Morgan fingerprint density at radius 3 is 2.17 bits per heavy atom. The highest BCUT2D eigenvalue weighted by atomic mass is 35.5. The van der Waals surface area contributed by atoms with Gasteiger partial charge in [-0.2, -0.15) is 0 Å². The summed E-state index contributed by atoms with van der Waals surface area (Å²) in [5.41, 5.74) is 1.04. The van der Waals surface area contributed by atoms with Crippen LogP contribution in [0.5, 0.6) is 0 Å². The normalized spacial score (nSPS) is 10.0. The van der Waals surface area contributed by atoms with E-state index in [1.54, 1.807) is 42.5 Å². The minimum Gasteiger partial charge on any atom is -0.349 e. The van der Waals surface area contributed by atoms with Crippen LogP contribution in [0.15, 0.2) is 55.1 Å². The Kier molecular flexibility index (Phi) is 5.79. The first-order valence-corrected chi connectivity index (χ1v) is 7.53. The maximum Gasteiger partial charge on any atom is 0.255 e. The Balaban J connectivity index is 2.20. The number of rotatable bonds is 5. The molecule has 0 aromatic heterocycles. The number of carbonyl (C=O) groups excluding carboxylic acids is 2. The highest BCUT2D eigenvalue weighted by Gasteiger charge is 2.13. The van der Waals surface area contributed by atoms with Gasteiger partial charge in [-0.25, -0.2) is 0 Å². The molecule has 4 nitrogen and oxygen atoms in total. The van der Waals surface area contributed by atoms with E-state index in [1.807, 2.05) is 0 Å². The molecule has 2 aromatic carbocycles. The minimum absolute atomic E-state index is 0.282. The number of benzene rings is 2. The van der Waals surface area contributed by atoms with Gasteiger partial charge in [0.15, 0.2) is 0 Å². The van der Waals surface area contributed by atoms with Crippen molar-refractivity contribution in [2.45, 2.75) is 0 Å². The number of carbonyl (C=O) groups is 2. The predicted molar refractivity (Wildman–Crippen MR) is 93.4 cm³/mol. The minimum atomic E-state index is -0.404. The zero-order valence-electron chi connectivity index (χ0n) is 12.1. The van der Waals surface area contributed by atoms with Gasteiger partial charge in [-0.3, -0.25) is 9.59 Å². The molecule has 0 bridgehead atoms. The second kappa shape index (κ2) is 7.81. The fourth-order valence-corrected chi connectivity index (χ4v) is 2.36. The summed E-state index contributed by atoms with van der Waals surface area (Å²) < 4.78 is 0. The molecular formula is C17H14Cl2N2O2. The van der Waals surface area contributed by atoms with E-state index < -0.39 is 5.91 Å². The average molecular weight is 349 g/mol. The first-order chi connectivity index (χ1) is 11.0. The lowest BCUT2D eigenvalue weighted by Gasteiger charge is -2.10. The molecule has 2 rings (SSSR count). The van der Waals surface area contributed by atoms with Crippen molar-refractivity contribution >= 4 is 40.7 Å². The zero-order chi connectivity index (χ0) is 16.8. The Bertz CT molecular complexity index is 740. The van der Waals surface area contributed by atoms with E-state index in [2.05, 4.69) is 17.2 Å². The van der Waals surface area contributed by atoms with E-state index in [9.17, 15) is 9.59 Å². The Labute approximate surface area is 144 Å². The molecule has 2 amide bonds. The molecule has 2 aromatic rings. The summed E-state index contributed by atoms with van der Waals surface area (Å²) in [6.07, 6.45) is 1.58. The van der Waals surface area contributed by atoms with Crippen LogP contribution in [0.2, 0.25) is 10.0 Å². The third kappa shape index (κ3) is 4.34. The molecule has 118 valence electrons.